The van der Waals surface area contributed by atoms with Crippen LogP contribution < -0.4 is 15.8 Å². The Kier molecular flexibility index (Phi) is 6.80. The lowest BCUT2D eigenvalue weighted by atomic mass is 9.94. The quantitative estimate of drug-likeness (QED) is 0.743. The van der Waals surface area contributed by atoms with Crippen molar-refractivity contribution < 1.29 is 13.2 Å². The number of amides is 1. The third kappa shape index (κ3) is 5.57. The maximum absolute atomic E-state index is 12.3. The number of carbonyl (C=O) groups is 1. The molecule has 1 aliphatic rings. The van der Waals surface area contributed by atoms with Crippen molar-refractivity contribution in [3.8, 4) is 0 Å². The first-order valence-corrected chi connectivity index (χ1v) is 8.68. The van der Waals surface area contributed by atoms with Gasteiger partial charge >= 0.3 is 0 Å². The van der Waals surface area contributed by atoms with E-state index in [-0.39, 0.29) is 30.1 Å². The van der Waals surface area contributed by atoms with E-state index in [9.17, 15) is 13.2 Å². The molecule has 0 aliphatic carbocycles. The summed E-state index contributed by atoms with van der Waals surface area (Å²) in [6.07, 6.45) is 1.02. The van der Waals surface area contributed by atoms with Gasteiger partial charge in [-0.3, -0.25) is 4.79 Å². The van der Waals surface area contributed by atoms with Crippen LogP contribution in [0.1, 0.15) is 29.3 Å². The molecule has 0 radical (unpaired) electrons. The van der Waals surface area contributed by atoms with E-state index in [1.165, 1.54) is 0 Å². The van der Waals surface area contributed by atoms with Crippen molar-refractivity contribution in [2.24, 2.45) is 11.1 Å². The van der Waals surface area contributed by atoms with Gasteiger partial charge < -0.3 is 10.6 Å². The second-order valence-electron chi connectivity index (χ2n) is 5.56. The van der Waals surface area contributed by atoms with Crippen LogP contribution in [-0.2, 0) is 15.8 Å². The van der Waals surface area contributed by atoms with Crippen LogP contribution in [0.2, 0.25) is 0 Å². The van der Waals surface area contributed by atoms with Crippen LogP contribution in [0, 0.1) is 5.92 Å². The van der Waals surface area contributed by atoms with Crippen molar-refractivity contribution in [1.29, 1.82) is 0 Å². The molecule has 1 aromatic carbocycles. The first-order valence-electron chi connectivity index (χ1n) is 6.96. The Morgan fingerprint density at radius 1 is 1.45 bits per heavy atom. The molecule has 1 amide bonds. The summed E-state index contributed by atoms with van der Waals surface area (Å²) in [7, 11) is -3.60. The normalized spacial score (nSPS) is 21.7. The summed E-state index contributed by atoms with van der Waals surface area (Å²) in [4.78, 5) is 12.3. The van der Waals surface area contributed by atoms with Crippen LogP contribution in [0.4, 0.5) is 0 Å². The van der Waals surface area contributed by atoms with E-state index in [4.69, 9.17) is 5.14 Å². The van der Waals surface area contributed by atoms with Crippen LogP contribution in [0.15, 0.2) is 24.3 Å². The fourth-order valence-corrected chi connectivity index (χ4v) is 3.11. The fraction of sp³-hybridized carbons (Fsp3) is 0.500. The standard InChI is InChI=1S/C14H21N3O3S.ClH/c1-10-5-6-16-8-13(10)17-14(18)12-4-2-3-11(7-12)9-21(15,19)20;/h2-4,7,10,13,16H,5-6,8-9H2,1H3,(H,17,18)(H2,15,19,20);1H. The third-order valence-electron chi connectivity index (χ3n) is 3.70. The van der Waals surface area contributed by atoms with Crippen LogP contribution in [0.5, 0.6) is 0 Å². The molecule has 1 fully saturated rings. The highest BCUT2D eigenvalue weighted by molar-refractivity contribution is 7.88. The molecule has 22 heavy (non-hydrogen) atoms. The molecule has 2 atom stereocenters. The number of sulfonamides is 1. The number of nitrogens with one attached hydrogen (secondary N) is 2. The molecule has 4 N–H and O–H groups in total. The second-order valence-corrected chi connectivity index (χ2v) is 7.17. The first-order chi connectivity index (χ1) is 9.85. The maximum Gasteiger partial charge on any atom is 0.251 e. The van der Waals surface area contributed by atoms with Gasteiger partial charge in [-0.2, -0.15) is 0 Å². The fourth-order valence-electron chi connectivity index (χ4n) is 2.47. The molecule has 0 saturated carbocycles. The van der Waals surface area contributed by atoms with Gasteiger partial charge in [0, 0.05) is 18.2 Å². The van der Waals surface area contributed by atoms with Crippen LogP contribution >= 0.6 is 12.4 Å². The SMILES string of the molecule is CC1CCNCC1NC(=O)c1cccc(CS(N)(=O)=O)c1.Cl. The lowest BCUT2D eigenvalue weighted by Gasteiger charge is -2.30. The van der Waals surface area contributed by atoms with Crippen LogP contribution in [-0.4, -0.2) is 33.5 Å². The molecule has 124 valence electrons. The third-order valence-corrected chi connectivity index (χ3v) is 4.44. The number of hydrogen-bond acceptors (Lipinski definition) is 4. The Morgan fingerprint density at radius 2 is 2.18 bits per heavy atom. The molecule has 1 aromatic rings. The van der Waals surface area contributed by atoms with E-state index in [1.54, 1.807) is 24.3 Å². The average Bonchev–Trinajstić information content (AvgIpc) is 2.39. The number of carbonyl (C=O) groups excluding carboxylic acids is 1. The van der Waals surface area contributed by atoms with Crippen molar-refractivity contribution in [2.75, 3.05) is 13.1 Å². The summed E-state index contributed by atoms with van der Waals surface area (Å²) in [5.74, 6) is -0.0372. The predicted octanol–water partition coefficient (Wildman–Crippen LogP) is 0.625. The minimum Gasteiger partial charge on any atom is -0.348 e. The lowest BCUT2D eigenvalue weighted by molar-refractivity contribution is 0.0915. The van der Waals surface area contributed by atoms with Gasteiger partial charge in [-0.15, -0.1) is 12.4 Å². The van der Waals surface area contributed by atoms with E-state index in [0.717, 1.165) is 19.5 Å². The molecular formula is C14H22ClN3O3S. The van der Waals surface area contributed by atoms with Crippen molar-refractivity contribution in [3.63, 3.8) is 0 Å². The summed E-state index contributed by atoms with van der Waals surface area (Å²) < 4.78 is 22.2. The van der Waals surface area contributed by atoms with E-state index >= 15 is 0 Å². The zero-order valence-corrected chi connectivity index (χ0v) is 14.0. The molecule has 1 heterocycles. The monoisotopic (exact) mass is 347 g/mol. The minimum atomic E-state index is -3.60. The van der Waals surface area contributed by atoms with E-state index in [2.05, 4.69) is 17.6 Å². The van der Waals surface area contributed by atoms with Crippen molar-refractivity contribution in [3.05, 3.63) is 35.4 Å². The summed E-state index contributed by atoms with van der Waals surface area (Å²) in [6.45, 7) is 3.84. The highest BCUT2D eigenvalue weighted by atomic mass is 35.5. The molecule has 2 rings (SSSR count). The number of piperidine rings is 1. The smallest absolute Gasteiger partial charge is 0.251 e. The van der Waals surface area contributed by atoms with Gasteiger partial charge in [0.25, 0.3) is 5.91 Å². The van der Waals surface area contributed by atoms with Crippen molar-refractivity contribution in [1.82, 2.24) is 10.6 Å². The molecular weight excluding hydrogens is 326 g/mol. The molecule has 0 spiro atoms. The second kappa shape index (κ2) is 7.92. The lowest BCUT2D eigenvalue weighted by Crippen LogP contribution is -2.50. The Balaban J connectivity index is 0.00000242. The molecule has 1 saturated heterocycles. The van der Waals surface area contributed by atoms with Crippen molar-refractivity contribution in [2.45, 2.75) is 25.1 Å². The van der Waals surface area contributed by atoms with Gasteiger partial charge in [-0.1, -0.05) is 19.1 Å². The molecule has 6 nitrogen and oxygen atoms in total. The topological polar surface area (TPSA) is 101 Å². The summed E-state index contributed by atoms with van der Waals surface area (Å²) >= 11 is 0. The summed E-state index contributed by atoms with van der Waals surface area (Å²) in [5, 5.41) is 11.3. The largest absolute Gasteiger partial charge is 0.348 e. The van der Waals surface area contributed by atoms with E-state index < -0.39 is 10.0 Å². The molecule has 8 heteroatoms. The van der Waals surface area contributed by atoms with Gasteiger partial charge in [0.15, 0.2) is 0 Å². The van der Waals surface area contributed by atoms with E-state index in [0.29, 0.717) is 17.0 Å². The molecule has 2 unspecified atom stereocenters. The predicted molar refractivity (Wildman–Crippen MR) is 88.4 cm³/mol. The Hall–Kier alpha value is -1.15. The summed E-state index contributed by atoms with van der Waals surface area (Å²) in [6, 6.07) is 6.64. The van der Waals surface area contributed by atoms with Crippen LogP contribution in [0.3, 0.4) is 0 Å². The number of nitrogens with two attached hydrogens (primary N) is 1. The zero-order valence-electron chi connectivity index (χ0n) is 12.4. The van der Waals surface area contributed by atoms with Crippen molar-refractivity contribution >= 4 is 28.3 Å². The number of primary sulfonamides is 1. The first kappa shape index (κ1) is 18.9. The van der Waals surface area contributed by atoms with E-state index in [1.807, 2.05) is 0 Å². The summed E-state index contributed by atoms with van der Waals surface area (Å²) in [5.41, 5.74) is 0.967. The van der Waals surface area contributed by atoms with Gasteiger partial charge in [0.05, 0.1) is 5.75 Å². The Bertz CT molecular complexity index is 622. The molecule has 0 bridgehead atoms. The maximum atomic E-state index is 12.3. The van der Waals surface area contributed by atoms with Gasteiger partial charge in [0.2, 0.25) is 10.0 Å². The average molecular weight is 348 g/mol. The zero-order chi connectivity index (χ0) is 15.5. The minimum absolute atomic E-state index is 0. The Morgan fingerprint density at radius 3 is 2.82 bits per heavy atom. The highest BCUT2D eigenvalue weighted by Crippen LogP contribution is 2.13. The number of benzene rings is 1. The molecule has 0 aromatic heterocycles. The van der Waals surface area contributed by atoms with Gasteiger partial charge in [-0.05, 0) is 36.6 Å². The molecule has 1 aliphatic heterocycles. The van der Waals surface area contributed by atoms with Gasteiger partial charge in [-0.25, -0.2) is 13.6 Å². The number of hydrogen-bond donors (Lipinski definition) is 3. The van der Waals surface area contributed by atoms with Gasteiger partial charge in [0.1, 0.15) is 0 Å². The van der Waals surface area contributed by atoms with Crippen LogP contribution in [0.25, 0.3) is 0 Å². The number of halogens is 1. The number of rotatable bonds is 4. The Labute approximate surface area is 137 Å². The highest BCUT2D eigenvalue weighted by Gasteiger charge is 2.23.